The molecule has 0 unspecified atom stereocenters. The molecule has 0 spiro atoms. The lowest BCUT2D eigenvalue weighted by Gasteiger charge is -2.47. The van der Waals surface area contributed by atoms with E-state index in [0.29, 0.717) is 18.4 Å². The Morgan fingerprint density at radius 1 is 1.28 bits per heavy atom. The van der Waals surface area contributed by atoms with Gasteiger partial charge in [0.2, 0.25) is 0 Å². The van der Waals surface area contributed by atoms with Crippen molar-refractivity contribution >= 4 is 5.57 Å². The van der Waals surface area contributed by atoms with Crippen LogP contribution in [-0.4, -0.2) is 36.1 Å². The van der Waals surface area contributed by atoms with Crippen molar-refractivity contribution in [3.63, 3.8) is 0 Å². The molecule has 174 valence electrons. The van der Waals surface area contributed by atoms with Crippen molar-refractivity contribution in [3.8, 4) is 11.5 Å². The van der Waals surface area contributed by atoms with Crippen molar-refractivity contribution in [3.05, 3.63) is 47.3 Å². The molecular weight excluding hydrogens is 400 g/mol. The van der Waals surface area contributed by atoms with Crippen molar-refractivity contribution < 1.29 is 14.2 Å². The number of benzene rings is 1. The number of fused-ring (bicyclic) bond motifs is 3. The van der Waals surface area contributed by atoms with E-state index in [-0.39, 0.29) is 11.0 Å². The third kappa shape index (κ3) is 4.32. The highest BCUT2D eigenvalue weighted by molar-refractivity contribution is 5.66. The van der Waals surface area contributed by atoms with Crippen LogP contribution in [0, 0.1) is 5.92 Å². The number of H-pyrrole nitrogens is 1. The van der Waals surface area contributed by atoms with Gasteiger partial charge in [0.25, 0.3) is 0 Å². The van der Waals surface area contributed by atoms with E-state index >= 15 is 0 Å². The molecule has 0 amide bonds. The Labute approximate surface area is 192 Å². The smallest absolute Gasteiger partial charge is 0.127 e. The van der Waals surface area contributed by atoms with Gasteiger partial charge in [-0.1, -0.05) is 33.3 Å². The van der Waals surface area contributed by atoms with Gasteiger partial charge in [-0.15, -0.1) is 0 Å². The summed E-state index contributed by atoms with van der Waals surface area (Å²) in [5, 5.41) is 7.29. The van der Waals surface area contributed by atoms with Crippen LogP contribution in [0.5, 0.6) is 11.5 Å². The predicted molar refractivity (Wildman–Crippen MR) is 128 cm³/mol. The first-order valence-corrected chi connectivity index (χ1v) is 11.9. The fraction of sp³-hybridized carbons (Fsp3) is 0.593. The van der Waals surface area contributed by atoms with Gasteiger partial charge >= 0.3 is 0 Å². The first kappa shape index (κ1) is 22.9. The lowest BCUT2D eigenvalue weighted by atomic mass is 9.66. The minimum absolute atomic E-state index is 0.131. The molecular formula is C27H38N2O3. The van der Waals surface area contributed by atoms with E-state index in [2.05, 4.69) is 69.1 Å². The highest BCUT2D eigenvalue weighted by atomic mass is 16.5. The van der Waals surface area contributed by atoms with Crippen molar-refractivity contribution in [2.24, 2.45) is 5.92 Å². The van der Waals surface area contributed by atoms with Gasteiger partial charge in [0.15, 0.2) is 0 Å². The van der Waals surface area contributed by atoms with Crippen LogP contribution in [0.1, 0.15) is 83.0 Å². The average Bonchev–Trinajstić information content (AvgIpc) is 3.30. The van der Waals surface area contributed by atoms with Crippen LogP contribution in [0.4, 0.5) is 0 Å². The number of unbranched alkanes of at least 4 members (excludes halogenated alkanes) is 1. The molecule has 2 heterocycles. The maximum absolute atomic E-state index is 6.67. The van der Waals surface area contributed by atoms with Crippen LogP contribution < -0.4 is 9.47 Å². The van der Waals surface area contributed by atoms with Gasteiger partial charge < -0.3 is 14.2 Å². The van der Waals surface area contributed by atoms with Crippen molar-refractivity contribution in [1.82, 2.24) is 10.2 Å². The Bertz CT molecular complexity index is 960. The molecule has 1 aliphatic carbocycles. The number of ether oxygens (including phenoxy) is 3. The Balaban J connectivity index is 1.70. The minimum Gasteiger partial charge on any atom is -0.496 e. The Kier molecular flexibility index (Phi) is 6.39. The van der Waals surface area contributed by atoms with E-state index in [0.717, 1.165) is 49.5 Å². The number of allylic oxidation sites excluding steroid dienone is 2. The molecule has 1 N–H and O–H groups in total. The standard InChI is InChI=1S/C27H38N2O3/c1-7-8-13-31-17-26(2,3)19-15-23(30-6)25-20-14-18(22-11-12-28-29-22)9-10-21(20)27(4,5)32-24(25)16-19/h9,11-12,15-16,20-21H,7-8,10,13-14,17H2,1-6H3,(H,28,29)/t20-,21-/m1/s1. The summed E-state index contributed by atoms with van der Waals surface area (Å²) >= 11 is 0. The number of aromatic nitrogens is 2. The second-order valence-electron chi connectivity index (χ2n) is 10.4. The fourth-order valence-corrected chi connectivity index (χ4v) is 5.25. The minimum atomic E-state index is -0.251. The Morgan fingerprint density at radius 2 is 2.09 bits per heavy atom. The first-order chi connectivity index (χ1) is 15.3. The summed E-state index contributed by atoms with van der Waals surface area (Å²) in [5.74, 6) is 2.62. The maximum atomic E-state index is 6.67. The second-order valence-corrected chi connectivity index (χ2v) is 10.4. The predicted octanol–water partition coefficient (Wildman–Crippen LogP) is 6.26. The average molecular weight is 439 g/mol. The lowest BCUT2D eigenvalue weighted by Crippen LogP contribution is -2.45. The van der Waals surface area contributed by atoms with Crippen LogP contribution in [0.2, 0.25) is 0 Å². The van der Waals surface area contributed by atoms with Crippen LogP contribution in [0.3, 0.4) is 0 Å². The van der Waals surface area contributed by atoms with E-state index in [1.165, 1.54) is 16.7 Å². The molecule has 0 fully saturated rings. The number of aromatic amines is 1. The summed E-state index contributed by atoms with van der Waals surface area (Å²) in [4.78, 5) is 0. The van der Waals surface area contributed by atoms with E-state index in [1.807, 2.05) is 6.20 Å². The molecule has 2 aromatic rings. The molecule has 5 nitrogen and oxygen atoms in total. The summed E-state index contributed by atoms with van der Waals surface area (Å²) in [7, 11) is 1.77. The molecule has 1 aromatic carbocycles. The van der Waals surface area contributed by atoms with Crippen LogP contribution in [-0.2, 0) is 10.2 Å². The largest absolute Gasteiger partial charge is 0.496 e. The third-order valence-corrected chi connectivity index (χ3v) is 7.24. The van der Waals surface area contributed by atoms with Gasteiger partial charge in [-0.3, -0.25) is 5.10 Å². The molecule has 1 aromatic heterocycles. The van der Waals surface area contributed by atoms with E-state index < -0.39 is 0 Å². The van der Waals surface area contributed by atoms with Crippen molar-refractivity contribution in [1.29, 1.82) is 0 Å². The highest BCUT2D eigenvalue weighted by Gasteiger charge is 2.46. The van der Waals surface area contributed by atoms with Crippen molar-refractivity contribution in [2.45, 2.75) is 77.2 Å². The summed E-state index contributed by atoms with van der Waals surface area (Å²) in [6.45, 7) is 12.6. The van der Waals surface area contributed by atoms with Crippen LogP contribution in [0.15, 0.2) is 30.5 Å². The summed E-state index contributed by atoms with van der Waals surface area (Å²) in [6.07, 6.45) is 8.34. The zero-order valence-corrected chi connectivity index (χ0v) is 20.5. The monoisotopic (exact) mass is 438 g/mol. The number of rotatable bonds is 8. The SMILES string of the molecule is CCCCOCC(C)(C)c1cc(OC)c2c(c1)OC(C)(C)[C@@H]1CC=C(c3ccn[nH]3)C[C@@H]21. The highest BCUT2D eigenvalue weighted by Crippen LogP contribution is 2.56. The Hall–Kier alpha value is -2.27. The zero-order valence-electron chi connectivity index (χ0n) is 20.5. The number of nitrogens with zero attached hydrogens (tertiary/aromatic N) is 1. The maximum Gasteiger partial charge on any atom is 0.127 e. The molecule has 1 aliphatic heterocycles. The molecule has 5 heteroatoms. The molecule has 0 saturated heterocycles. The van der Waals surface area contributed by atoms with Gasteiger partial charge in [-0.2, -0.15) is 5.10 Å². The molecule has 0 bridgehead atoms. The van der Waals surface area contributed by atoms with Gasteiger partial charge in [0, 0.05) is 35.6 Å². The second kappa shape index (κ2) is 8.93. The lowest BCUT2D eigenvalue weighted by molar-refractivity contribution is 0.00890. The molecule has 4 rings (SSSR count). The number of hydrogen-bond donors (Lipinski definition) is 1. The summed E-state index contributed by atoms with van der Waals surface area (Å²) in [6, 6.07) is 6.49. The molecule has 2 atom stereocenters. The number of hydrogen-bond acceptors (Lipinski definition) is 4. The normalized spacial score (nSPS) is 21.9. The summed E-state index contributed by atoms with van der Waals surface area (Å²) in [5.41, 5.74) is 4.44. The quantitative estimate of drug-likeness (QED) is 0.494. The molecule has 32 heavy (non-hydrogen) atoms. The van der Waals surface area contributed by atoms with E-state index in [9.17, 15) is 0 Å². The fourth-order valence-electron chi connectivity index (χ4n) is 5.25. The first-order valence-electron chi connectivity index (χ1n) is 11.9. The number of nitrogens with one attached hydrogen (secondary N) is 1. The van der Waals surface area contributed by atoms with E-state index in [1.54, 1.807) is 7.11 Å². The van der Waals surface area contributed by atoms with Gasteiger partial charge in [-0.25, -0.2) is 0 Å². The van der Waals surface area contributed by atoms with E-state index in [4.69, 9.17) is 14.2 Å². The third-order valence-electron chi connectivity index (χ3n) is 7.24. The molecule has 0 radical (unpaired) electrons. The van der Waals surface area contributed by atoms with Crippen LogP contribution >= 0.6 is 0 Å². The van der Waals surface area contributed by atoms with Crippen molar-refractivity contribution in [2.75, 3.05) is 20.3 Å². The molecule has 2 aliphatic rings. The van der Waals surface area contributed by atoms with Gasteiger partial charge in [0.05, 0.1) is 19.4 Å². The van der Waals surface area contributed by atoms with Crippen LogP contribution in [0.25, 0.3) is 5.57 Å². The number of methoxy groups -OCH3 is 1. The molecule has 0 saturated carbocycles. The zero-order chi connectivity index (χ0) is 22.9. The van der Waals surface area contributed by atoms with Gasteiger partial charge in [0.1, 0.15) is 17.1 Å². The topological polar surface area (TPSA) is 56.4 Å². The Morgan fingerprint density at radius 3 is 2.78 bits per heavy atom. The van der Waals surface area contributed by atoms with Gasteiger partial charge in [-0.05, 0) is 62.4 Å². The summed E-state index contributed by atoms with van der Waals surface area (Å²) < 4.78 is 18.6.